The number of carbonyl (C=O) groups is 1. The zero-order valence-electron chi connectivity index (χ0n) is 9.25. The van der Waals surface area contributed by atoms with Crippen molar-refractivity contribution in [3.8, 4) is 0 Å². The molecule has 0 unspecified atom stereocenters. The fourth-order valence-corrected chi connectivity index (χ4v) is 5.79. The van der Waals surface area contributed by atoms with Crippen LogP contribution >= 0.6 is 0 Å². The normalized spacial score (nSPS) is 63.4. The van der Waals surface area contributed by atoms with Crippen molar-refractivity contribution < 1.29 is 4.79 Å². The van der Waals surface area contributed by atoms with E-state index in [-0.39, 0.29) is 0 Å². The van der Waals surface area contributed by atoms with Gasteiger partial charge in [0, 0.05) is 11.8 Å². The Morgan fingerprint density at radius 2 is 1.19 bits per heavy atom. The van der Waals surface area contributed by atoms with E-state index in [1.807, 2.05) is 0 Å². The smallest absolute Gasteiger partial charge is 0.140 e. The molecule has 82 valence electrons. The van der Waals surface area contributed by atoms with Gasteiger partial charge in [0.15, 0.2) is 0 Å². The Kier molecular flexibility index (Phi) is 1.22. The van der Waals surface area contributed by atoms with E-state index in [0.29, 0.717) is 29.5 Å². The summed E-state index contributed by atoms with van der Waals surface area (Å²) in [5, 5.41) is 0. The molecule has 16 heavy (non-hydrogen) atoms. The first-order chi connectivity index (χ1) is 7.84. The summed E-state index contributed by atoms with van der Waals surface area (Å²) in [7, 11) is 0. The van der Waals surface area contributed by atoms with Crippen LogP contribution in [0.1, 0.15) is 12.8 Å². The Morgan fingerprint density at radius 3 is 1.69 bits per heavy atom. The van der Waals surface area contributed by atoms with E-state index >= 15 is 0 Å². The van der Waals surface area contributed by atoms with Gasteiger partial charge in [-0.15, -0.1) is 0 Å². The Balaban J connectivity index is 1.67. The molecule has 5 aliphatic rings. The SMILES string of the molecule is O=C1[C@@H]2[C@H]([C@H]3[C@H]1[C@@H]1C=C[C@@H]3C1)[C@H]1C=C[C@H]2C1. The molecule has 0 radical (unpaired) electrons. The standard InChI is InChI=1S/C15H16O/c16-15-13-9-3-1-7(5-9)11(13)12-8-2-4-10(6-8)14(12)15/h1-4,7-14H,5-6H2/t7-,8+,9-,10+,11-,12-,13-,14+/m0/s1. The summed E-state index contributed by atoms with van der Waals surface area (Å²) in [6.45, 7) is 0. The minimum absolute atomic E-state index is 0.426. The predicted molar refractivity (Wildman–Crippen MR) is 60.4 cm³/mol. The number of carbonyl (C=O) groups excluding carboxylic acids is 1. The van der Waals surface area contributed by atoms with Crippen LogP contribution in [0.3, 0.4) is 0 Å². The molecule has 0 amide bonds. The first-order valence-corrected chi connectivity index (χ1v) is 6.75. The van der Waals surface area contributed by atoms with Crippen molar-refractivity contribution in [1.82, 2.24) is 0 Å². The van der Waals surface area contributed by atoms with Crippen LogP contribution < -0.4 is 0 Å². The predicted octanol–water partition coefficient (Wildman–Crippen LogP) is 2.45. The number of fused-ring (bicyclic) bond motifs is 11. The molecule has 5 aliphatic carbocycles. The molecule has 4 bridgehead atoms. The summed E-state index contributed by atoms with van der Waals surface area (Å²) in [5.41, 5.74) is 0. The third kappa shape index (κ3) is 0.687. The highest BCUT2D eigenvalue weighted by molar-refractivity contribution is 5.89. The van der Waals surface area contributed by atoms with E-state index in [1.165, 1.54) is 12.8 Å². The molecule has 0 heterocycles. The monoisotopic (exact) mass is 212 g/mol. The molecule has 0 saturated heterocycles. The van der Waals surface area contributed by atoms with Crippen molar-refractivity contribution in [2.24, 2.45) is 47.3 Å². The Hall–Kier alpha value is -0.850. The van der Waals surface area contributed by atoms with Crippen LogP contribution in [0.2, 0.25) is 0 Å². The highest BCUT2D eigenvalue weighted by Crippen LogP contribution is 2.66. The van der Waals surface area contributed by atoms with Gasteiger partial charge in [-0.25, -0.2) is 0 Å². The minimum Gasteiger partial charge on any atom is -0.299 e. The van der Waals surface area contributed by atoms with Gasteiger partial charge in [-0.2, -0.15) is 0 Å². The fraction of sp³-hybridized carbons (Fsp3) is 0.667. The Morgan fingerprint density at radius 1 is 0.750 bits per heavy atom. The number of hydrogen-bond donors (Lipinski definition) is 0. The zero-order chi connectivity index (χ0) is 10.4. The lowest BCUT2D eigenvalue weighted by molar-refractivity contribution is -0.125. The van der Waals surface area contributed by atoms with Crippen LogP contribution in [0.25, 0.3) is 0 Å². The molecule has 1 nitrogen and oxygen atoms in total. The van der Waals surface area contributed by atoms with Crippen LogP contribution in [0.15, 0.2) is 24.3 Å². The largest absolute Gasteiger partial charge is 0.299 e. The molecular formula is C15H16O. The van der Waals surface area contributed by atoms with Gasteiger partial charge in [-0.3, -0.25) is 4.79 Å². The van der Waals surface area contributed by atoms with E-state index in [1.54, 1.807) is 0 Å². The van der Waals surface area contributed by atoms with E-state index < -0.39 is 0 Å². The Labute approximate surface area is 95.6 Å². The fourth-order valence-electron chi connectivity index (χ4n) is 5.79. The number of ketones is 1. The summed E-state index contributed by atoms with van der Waals surface area (Å²) < 4.78 is 0. The summed E-state index contributed by atoms with van der Waals surface area (Å²) in [4.78, 5) is 12.6. The highest BCUT2D eigenvalue weighted by Gasteiger charge is 2.65. The molecular weight excluding hydrogens is 196 g/mol. The lowest BCUT2D eigenvalue weighted by atomic mass is 9.75. The second kappa shape index (κ2) is 2.37. The van der Waals surface area contributed by atoms with Gasteiger partial charge in [-0.05, 0) is 48.3 Å². The number of rotatable bonds is 0. The number of hydrogen-bond acceptors (Lipinski definition) is 1. The van der Waals surface area contributed by atoms with E-state index in [9.17, 15) is 4.79 Å². The van der Waals surface area contributed by atoms with Gasteiger partial charge in [0.2, 0.25) is 0 Å². The van der Waals surface area contributed by atoms with Gasteiger partial charge in [0.05, 0.1) is 0 Å². The van der Waals surface area contributed by atoms with Crippen LogP contribution in [0.4, 0.5) is 0 Å². The maximum Gasteiger partial charge on any atom is 0.140 e. The van der Waals surface area contributed by atoms with Gasteiger partial charge in [-0.1, -0.05) is 24.3 Å². The van der Waals surface area contributed by atoms with E-state index in [0.717, 1.165) is 23.7 Å². The molecule has 0 aliphatic heterocycles. The maximum atomic E-state index is 12.6. The molecule has 0 aromatic rings. The van der Waals surface area contributed by atoms with Crippen LogP contribution in [-0.4, -0.2) is 5.78 Å². The van der Waals surface area contributed by atoms with Crippen molar-refractivity contribution in [1.29, 1.82) is 0 Å². The lowest BCUT2D eigenvalue weighted by Crippen LogP contribution is -2.24. The lowest BCUT2D eigenvalue weighted by Gasteiger charge is -2.28. The molecule has 0 aromatic heterocycles. The first-order valence-electron chi connectivity index (χ1n) is 6.75. The Bertz CT molecular complexity index is 406. The summed E-state index contributed by atoms with van der Waals surface area (Å²) in [6, 6.07) is 0. The topological polar surface area (TPSA) is 17.1 Å². The maximum absolute atomic E-state index is 12.6. The van der Waals surface area contributed by atoms with Crippen LogP contribution in [-0.2, 0) is 4.79 Å². The van der Waals surface area contributed by atoms with Gasteiger partial charge in [0.1, 0.15) is 5.78 Å². The first kappa shape index (κ1) is 8.27. The molecule has 0 spiro atoms. The van der Waals surface area contributed by atoms with Crippen LogP contribution in [0.5, 0.6) is 0 Å². The number of allylic oxidation sites excluding steroid dienone is 4. The van der Waals surface area contributed by atoms with Crippen molar-refractivity contribution in [2.75, 3.05) is 0 Å². The third-order valence-electron chi connectivity index (χ3n) is 6.14. The molecule has 3 fully saturated rings. The minimum atomic E-state index is 0.426. The highest BCUT2D eigenvalue weighted by atomic mass is 16.1. The average molecular weight is 212 g/mol. The van der Waals surface area contributed by atoms with E-state index in [4.69, 9.17) is 0 Å². The van der Waals surface area contributed by atoms with Crippen molar-refractivity contribution >= 4 is 5.78 Å². The number of Topliss-reactive ketones (excluding diaryl/α,β-unsaturated/α-hetero) is 1. The molecule has 5 rings (SSSR count). The van der Waals surface area contributed by atoms with Crippen molar-refractivity contribution in [2.45, 2.75) is 12.8 Å². The average Bonchev–Trinajstić information content (AvgIpc) is 2.98. The summed E-state index contributed by atoms with van der Waals surface area (Å²) >= 11 is 0. The second-order valence-corrected chi connectivity index (χ2v) is 6.51. The van der Waals surface area contributed by atoms with Gasteiger partial charge < -0.3 is 0 Å². The third-order valence-corrected chi connectivity index (χ3v) is 6.14. The molecule has 3 saturated carbocycles. The molecule has 1 heteroatoms. The molecule has 0 aromatic carbocycles. The van der Waals surface area contributed by atoms with Crippen LogP contribution in [0, 0.1) is 47.3 Å². The van der Waals surface area contributed by atoms with Gasteiger partial charge >= 0.3 is 0 Å². The second-order valence-electron chi connectivity index (χ2n) is 6.51. The molecule has 0 N–H and O–H groups in total. The quantitative estimate of drug-likeness (QED) is 0.564. The van der Waals surface area contributed by atoms with Gasteiger partial charge in [0.25, 0.3) is 0 Å². The van der Waals surface area contributed by atoms with Crippen molar-refractivity contribution in [3.05, 3.63) is 24.3 Å². The van der Waals surface area contributed by atoms with Crippen molar-refractivity contribution in [3.63, 3.8) is 0 Å². The summed E-state index contributed by atoms with van der Waals surface area (Å²) in [5.74, 6) is 5.69. The molecule has 8 atom stereocenters. The van der Waals surface area contributed by atoms with E-state index in [2.05, 4.69) is 24.3 Å². The zero-order valence-corrected chi connectivity index (χ0v) is 9.25. The summed E-state index contributed by atoms with van der Waals surface area (Å²) in [6.07, 6.45) is 12.1.